The first kappa shape index (κ1) is 21.0. The summed E-state index contributed by atoms with van der Waals surface area (Å²) in [6.45, 7) is 2.37. The van der Waals surface area contributed by atoms with Gasteiger partial charge in [0.15, 0.2) is 11.5 Å². The minimum Gasteiger partial charge on any atom is -0.492 e. The van der Waals surface area contributed by atoms with Crippen molar-refractivity contribution in [2.45, 2.75) is 13.1 Å². The van der Waals surface area contributed by atoms with E-state index in [1.165, 1.54) is 12.1 Å². The van der Waals surface area contributed by atoms with Crippen molar-refractivity contribution < 1.29 is 32.2 Å². The lowest BCUT2D eigenvalue weighted by Gasteiger charge is -2.08. The molecule has 0 aliphatic carbocycles. The SMILES string of the molecule is Cc1nc(-c2ccc(C(F)(F)F)cc2)sc1C(=O)NCCOc1ccc2c(c1)OCO2. The van der Waals surface area contributed by atoms with Crippen LogP contribution in [0.15, 0.2) is 42.5 Å². The van der Waals surface area contributed by atoms with Gasteiger partial charge >= 0.3 is 6.18 Å². The summed E-state index contributed by atoms with van der Waals surface area (Å²) < 4.78 is 54.3. The van der Waals surface area contributed by atoms with Gasteiger partial charge in [0.05, 0.1) is 17.8 Å². The number of ether oxygens (including phenoxy) is 3. The van der Waals surface area contributed by atoms with Gasteiger partial charge in [-0.25, -0.2) is 4.98 Å². The van der Waals surface area contributed by atoms with Gasteiger partial charge in [0.1, 0.15) is 22.2 Å². The number of rotatable bonds is 6. The summed E-state index contributed by atoms with van der Waals surface area (Å²) in [5.74, 6) is 1.54. The molecule has 1 aliphatic heterocycles. The maximum atomic E-state index is 12.7. The predicted octanol–water partition coefficient (Wildman–Crippen LogP) is 4.67. The smallest absolute Gasteiger partial charge is 0.416 e. The van der Waals surface area contributed by atoms with E-state index in [1.54, 1.807) is 25.1 Å². The molecule has 4 rings (SSSR count). The van der Waals surface area contributed by atoms with Crippen LogP contribution in [-0.2, 0) is 6.18 Å². The number of hydrogen-bond donors (Lipinski definition) is 1. The second kappa shape index (κ2) is 8.46. The van der Waals surface area contributed by atoms with E-state index in [0.29, 0.717) is 38.4 Å². The average molecular weight is 450 g/mol. The van der Waals surface area contributed by atoms with Crippen molar-refractivity contribution >= 4 is 17.2 Å². The van der Waals surface area contributed by atoms with E-state index < -0.39 is 11.7 Å². The highest BCUT2D eigenvalue weighted by Crippen LogP contribution is 2.35. The first-order chi connectivity index (χ1) is 14.8. The standard InChI is InChI=1S/C21H17F3N2O4S/c1-12-18(31-20(26-12)13-2-4-14(5-3-13)21(22,23)24)19(27)25-8-9-28-15-6-7-16-17(10-15)30-11-29-16/h2-7,10H,8-9,11H2,1H3,(H,25,27). The summed E-state index contributed by atoms with van der Waals surface area (Å²) in [5, 5.41) is 3.24. The fraction of sp³-hybridized carbons (Fsp3) is 0.238. The van der Waals surface area contributed by atoms with Crippen LogP contribution < -0.4 is 19.5 Å². The largest absolute Gasteiger partial charge is 0.492 e. The number of carbonyl (C=O) groups is 1. The Kier molecular flexibility index (Phi) is 5.73. The van der Waals surface area contributed by atoms with Crippen LogP contribution in [0.25, 0.3) is 10.6 Å². The van der Waals surface area contributed by atoms with Gasteiger partial charge < -0.3 is 19.5 Å². The van der Waals surface area contributed by atoms with Crippen molar-refractivity contribution in [2.75, 3.05) is 19.9 Å². The van der Waals surface area contributed by atoms with Crippen LogP contribution >= 0.6 is 11.3 Å². The highest BCUT2D eigenvalue weighted by atomic mass is 32.1. The number of alkyl halides is 3. The van der Waals surface area contributed by atoms with Gasteiger partial charge in [-0.1, -0.05) is 12.1 Å². The van der Waals surface area contributed by atoms with E-state index in [1.807, 2.05) is 0 Å². The van der Waals surface area contributed by atoms with Gasteiger partial charge in [0.25, 0.3) is 5.91 Å². The number of nitrogens with zero attached hydrogens (tertiary/aromatic N) is 1. The van der Waals surface area contributed by atoms with Gasteiger partial charge in [-0.3, -0.25) is 4.79 Å². The Hall–Kier alpha value is -3.27. The van der Waals surface area contributed by atoms with Gasteiger partial charge in [-0.2, -0.15) is 13.2 Å². The Morgan fingerprint density at radius 1 is 1.16 bits per heavy atom. The highest BCUT2D eigenvalue weighted by molar-refractivity contribution is 7.17. The molecule has 1 amide bonds. The molecule has 0 saturated carbocycles. The zero-order valence-corrected chi connectivity index (χ0v) is 17.1. The monoisotopic (exact) mass is 450 g/mol. The average Bonchev–Trinajstić information content (AvgIpc) is 3.36. The molecule has 10 heteroatoms. The first-order valence-electron chi connectivity index (χ1n) is 9.27. The molecule has 1 aliphatic rings. The van der Waals surface area contributed by atoms with Crippen molar-refractivity contribution in [1.82, 2.24) is 10.3 Å². The molecule has 2 heterocycles. The number of nitrogens with one attached hydrogen (secondary N) is 1. The summed E-state index contributed by atoms with van der Waals surface area (Å²) in [6.07, 6.45) is -4.40. The van der Waals surface area contributed by atoms with E-state index in [9.17, 15) is 18.0 Å². The number of aromatic nitrogens is 1. The van der Waals surface area contributed by atoms with Crippen LogP contribution in [0.1, 0.15) is 20.9 Å². The third kappa shape index (κ3) is 4.74. The normalized spacial score (nSPS) is 12.6. The van der Waals surface area contributed by atoms with E-state index in [0.717, 1.165) is 23.5 Å². The summed E-state index contributed by atoms with van der Waals surface area (Å²) in [5.41, 5.74) is 0.297. The lowest BCUT2D eigenvalue weighted by atomic mass is 10.1. The van der Waals surface area contributed by atoms with Crippen molar-refractivity contribution in [2.24, 2.45) is 0 Å². The second-order valence-electron chi connectivity index (χ2n) is 6.63. The number of thiazole rings is 1. The second-order valence-corrected chi connectivity index (χ2v) is 7.63. The molecule has 6 nitrogen and oxygen atoms in total. The summed E-state index contributed by atoms with van der Waals surface area (Å²) >= 11 is 1.13. The molecule has 3 aromatic rings. The molecule has 1 aromatic heterocycles. The van der Waals surface area contributed by atoms with Gasteiger partial charge in [-0.15, -0.1) is 11.3 Å². The molecule has 2 aromatic carbocycles. The number of amides is 1. The number of halogens is 3. The lowest BCUT2D eigenvalue weighted by molar-refractivity contribution is -0.137. The van der Waals surface area contributed by atoms with Crippen LogP contribution in [0.3, 0.4) is 0 Å². The molecule has 31 heavy (non-hydrogen) atoms. The number of aryl methyl sites for hydroxylation is 1. The first-order valence-corrected chi connectivity index (χ1v) is 10.1. The topological polar surface area (TPSA) is 69.7 Å². The van der Waals surface area contributed by atoms with E-state index in [2.05, 4.69) is 10.3 Å². The Bertz CT molecular complexity index is 1100. The lowest BCUT2D eigenvalue weighted by Crippen LogP contribution is -2.27. The molecule has 1 N–H and O–H groups in total. The maximum absolute atomic E-state index is 12.7. The molecule has 0 fully saturated rings. The third-order valence-corrected chi connectivity index (χ3v) is 5.67. The number of benzene rings is 2. The van der Waals surface area contributed by atoms with Crippen molar-refractivity contribution in [3.8, 4) is 27.8 Å². The Labute approximate surface area is 179 Å². The minimum atomic E-state index is -4.40. The predicted molar refractivity (Wildman–Crippen MR) is 108 cm³/mol. The molecule has 0 radical (unpaired) electrons. The van der Waals surface area contributed by atoms with E-state index >= 15 is 0 Å². The van der Waals surface area contributed by atoms with Crippen LogP contribution in [0.5, 0.6) is 17.2 Å². The third-order valence-electron chi connectivity index (χ3n) is 4.46. The van der Waals surface area contributed by atoms with Crippen molar-refractivity contribution in [3.05, 3.63) is 58.6 Å². The molecular formula is C21H17F3N2O4S. The highest BCUT2D eigenvalue weighted by Gasteiger charge is 2.30. The number of carbonyl (C=O) groups excluding carboxylic acids is 1. The number of hydrogen-bond acceptors (Lipinski definition) is 6. The van der Waals surface area contributed by atoms with E-state index in [4.69, 9.17) is 14.2 Å². The summed E-state index contributed by atoms with van der Waals surface area (Å²) in [6, 6.07) is 9.91. The zero-order chi connectivity index (χ0) is 22.0. The molecule has 162 valence electrons. The molecule has 0 spiro atoms. The quantitative estimate of drug-likeness (QED) is 0.553. The fourth-order valence-electron chi connectivity index (χ4n) is 2.91. The fourth-order valence-corrected chi connectivity index (χ4v) is 3.90. The Balaban J connectivity index is 1.33. The Morgan fingerprint density at radius 2 is 1.90 bits per heavy atom. The molecule has 0 saturated heterocycles. The molecule has 0 bridgehead atoms. The minimum absolute atomic E-state index is 0.178. The van der Waals surface area contributed by atoms with Gasteiger partial charge in [0.2, 0.25) is 6.79 Å². The molecular weight excluding hydrogens is 433 g/mol. The zero-order valence-electron chi connectivity index (χ0n) is 16.3. The molecule has 0 atom stereocenters. The van der Waals surface area contributed by atoms with E-state index in [-0.39, 0.29) is 25.9 Å². The molecule has 0 unspecified atom stereocenters. The summed E-state index contributed by atoms with van der Waals surface area (Å²) in [4.78, 5) is 17.2. The summed E-state index contributed by atoms with van der Waals surface area (Å²) in [7, 11) is 0. The van der Waals surface area contributed by atoms with Crippen LogP contribution in [-0.4, -0.2) is 30.8 Å². The van der Waals surface area contributed by atoms with Crippen molar-refractivity contribution in [3.63, 3.8) is 0 Å². The number of fused-ring (bicyclic) bond motifs is 1. The van der Waals surface area contributed by atoms with Gasteiger partial charge in [-0.05, 0) is 31.2 Å². The van der Waals surface area contributed by atoms with Crippen molar-refractivity contribution in [1.29, 1.82) is 0 Å². The van der Waals surface area contributed by atoms with Crippen LogP contribution in [0.4, 0.5) is 13.2 Å². The Morgan fingerprint density at radius 3 is 2.65 bits per heavy atom. The maximum Gasteiger partial charge on any atom is 0.416 e. The van der Waals surface area contributed by atoms with Crippen LogP contribution in [0, 0.1) is 6.92 Å². The van der Waals surface area contributed by atoms with Crippen LogP contribution in [0.2, 0.25) is 0 Å². The van der Waals surface area contributed by atoms with Gasteiger partial charge in [0, 0.05) is 11.6 Å².